The summed E-state index contributed by atoms with van der Waals surface area (Å²) < 4.78 is 0. The molecule has 1 unspecified atom stereocenters. The van der Waals surface area contributed by atoms with E-state index in [9.17, 15) is 4.79 Å². The second-order valence-corrected chi connectivity index (χ2v) is 3.33. The molecule has 0 radical (unpaired) electrons. The summed E-state index contributed by atoms with van der Waals surface area (Å²) in [6.07, 6.45) is 4.04. The Labute approximate surface area is 53.9 Å². The van der Waals surface area contributed by atoms with Crippen LogP contribution in [0.2, 0.25) is 0 Å². The van der Waals surface area contributed by atoms with Gasteiger partial charge in [0.15, 0.2) is 0 Å². The fourth-order valence-electron chi connectivity index (χ4n) is 0.700. The van der Waals surface area contributed by atoms with Crippen LogP contribution in [-0.2, 0) is 4.79 Å². The average molecular weight is 126 g/mol. The highest BCUT2D eigenvalue weighted by atomic mass is 32.2. The number of allylic oxidation sites excluding steroid dienone is 1. The third kappa shape index (κ3) is 1.16. The zero-order valence-electron chi connectivity index (χ0n) is 4.76. The van der Waals surface area contributed by atoms with E-state index < -0.39 is 0 Å². The Balaban J connectivity index is 2.43. The second kappa shape index (κ2) is 2.40. The summed E-state index contributed by atoms with van der Waals surface area (Å²) in [5, 5.41) is 0.218. The van der Waals surface area contributed by atoms with E-state index in [4.69, 9.17) is 0 Å². The summed E-state index contributed by atoms with van der Waals surface area (Å²) in [4.78, 5) is 11.4. The smallest absolute Gasteiger partial charge is 0.147 e. The normalized spacial score (nSPS) is 27.5. The first-order valence-electron chi connectivity index (χ1n) is 2.61. The van der Waals surface area contributed by atoms with Crippen LogP contribution in [0, 0.1) is 0 Å². The Bertz CT molecular complexity index is 132. The van der Waals surface area contributed by atoms with Crippen molar-refractivity contribution in [1.82, 2.24) is 0 Å². The highest BCUT2D eigenvalue weighted by molar-refractivity contribution is 8.05. The standard InChI is InChI=1S/C5H7BOS/c6-5-2-1-4(3-7)8-5/h2-4H,1,6H2. The fourth-order valence-corrected chi connectivity index (χ4v) is 1.62. The van der Waals surface area contributed by atoms with E-state index in [-0.39, 0.29) is 5.25 Å². The first-order chi connectivity index (χ1) is 3.83. The highest BCUT2D eigenvalue weighted by Gasteiger charge is 2.12. The van der Waals surface area contributed by atoms with Crippen molar-refractivity contribution in [3.05, 3.63) is 10.9 Å². The molecule has 1 aliphatic heterocycles. The molecule has 0 amide bonds. The molecule has 8 heavy (non-hydrogen) atoms. The maximum absolute atomic E-state index is 10.1. The lowest BCUT2D eigenvalue weighted by Crippen LogP contribution is -1.96. The van der Waals surface area contributed by atoms with Gasteiger partial charge in [0, 0.05) is 0 Å². The summed E-state index contributed by atoms with van der Waals surface area (Å²) in [5.74, 6) is 0. The topological polar surface area (TPSA) is 17.1 Å². The van der Waals surface area contributed by atoms with E-state index >= 15 is 0 Å². The molecular weight excluding hydrogens is 119 g/mol. The van der Waals surface area contributed by atoms with Gasteiger partial charge in [0.2, 0.25) is 0 Å². The van der Waals surface area contributed by atoms with Gasteiger partial charge in [-0.1, -0.05) is 10.9 Å². The Morgan fingerprint density at radius 3 is 3.00 bits per heavy atom. The lowest BCUT2D eigenvalue weighted by molar-refractivity contribution is -0.107. The molecule has 0 spiro atoms. The molecule has 1 atom stereocenters. The Hall–Kier alpha value is -0.175. The monoisotopic (exact) mass is 126 g/mol. The SMILES string of the molecule is BC1=CCC(C=O)S1. The number of hydrogen-bond acceptors (Lipinski definition) is 2. The van der Waals surface area contributed by atoms with Gasteiger partial charge in [-0.05, 0) is 6.42 Å². The van der Waals surface area contributed by atoms with Gasteiger partial charge in [0.05, 0.1) is 5.25 Å². The second-order valence-electron chi connectivity index (χ2n) is 1.84. The van der Waals surface area contributed by atoms with Crippen LogP contribution >= 0.6 is 11.8 Å². The summed E-state index contributed by atoms with van der Waals surface area (Å²) in [7, 11) is 2.04. The molecule has 1 heterocycles. The number of aldehydes is 1. The number of rotatable bonds is 1. The van der Waals surface area contributed by atoms with Gasteiger partial charge in [-0.3, -0.25) is 0 Å². The summed E-state index contributed by atoms with van der Waals surface area (Å²) in [6, 6.07) is 0. The molecule has 0 aliphatic carbocycles. The zero-order chi connectivity index (χ0) is 5.98. The van der Waals surface area contributed by atoms with Crippen LogP contribution in [-0.4, -0.2) is 19.4 Å². The zero-order valence-corrected chi connectivity index (χ0v) is 5.57. The van der Waals surface area contributed by atoms with Gasteiger partial charge in [0.1, 0.15) is 14.1 Å². The fraction of sp³-hybridized carbons (Fsp3) is 0.400. The third-order valence-corrected chi connectivity index (χ3v) is 2.27. The lowest BCUT2D eigenvalue weighted by Gasteiger charge is -1.94. The molecule has 1 aliphatic rings. The van der Waals surface area contributed by atoms with E-state index in [1.165, 1.54) is 4.80 Å². The molecule has 1 nitrogen and oxygen atoms in total. The van der Waals surface area contributed by atoms with Crippen LogP contribution < -0.4 is 0 Å². The maximum atomic E-state index is 10.1. The largest absolute Gasteiger partial charge is 0.302 e. The van der Waals surface area contributed by atoms with Crippen LogP contribution in [0.25, 0.3) is 0 Å². The maximum Gasteiger partial charge on any atom is 0.147 e. The van der Waals surface area contributed by atoms with Gasteiger partial charge in [0.25, 0.3) is 0 Å². The molecule has 0 saturated heterocycles. The predicted octanol–water partition coefficient (Wildman–Crippen LogP) is 0.165. The minimum atomic E-state index is 0.218. The number of thioether (sulfide) groups is 1. The van der Waals surface area contributed by atoms with Gasteiger partial charge < -0.3 is 4.79 Å². The number of carbonyl (C=O) groups excluding carboxylic acids is 1. The number of hydrogen-bond donors (Lipinski definition) is 0. The first kappa shape index (κ1) is 5.95. The van der Waals surface area contributed by atoms with Gasteiger partial charge in [-0.25, -0.2) is 0 Å². The van der Waals surface area contributed by atoms with Gasteiger partial charge in [-0.15, -0.1) is 11.8 Å². The highest BCUT2D eigenvalue weighted by Crippen LogP contribution is 2.27. The van der Waals surface area contributed by atoms with Crippen molar-refractivity contribution in [3.8, 4) is 0 Å². The van der Waals surface area contributed by atoms with Crippen molar-refractivity contribution in [1.29, 1.82) is 0 Å². The van der Waals surface area contributed by atoms with E-state index in [1.54, 1.807) is 11.8 Å². The molecule has 1 rings (SSSR count). The Morgan fingerprint density at radius 2 is 2.75 bits per heavy atom. The summed E-state index contributed by atoms with van der Waals surface area (Å²) >= 11 is 1.66. The van der Waals surface area contributed by atoms with Crippen LogP contribution in [0.4, 0.5) is 0 Å². The molecule has 0 N–H and O–H groups in total. The van der Waals surface area contributed by atoms with Crippen LogP contribution in [0.15, 0.2) is 10.9 Å². The van der Waals surface area contributed by atoms with Crippen molar-refractivity contribution < 1.29 is 4.79 Å². The summed E-state index contributed by atoms with van der Waals surface area (Å²) in [6.45, 7) is 0. The van der Waals surface area contributed by atoms with Crippen molar-refractivity contribution in [3.63, 3.8) is 0 Å². The van der Waals surface area contributed by atoms with Crippen LogP contribution in [0.1, 0.15) is 6.42 Å². The average Bonchev–Trinajstić information content (AvgIpc) is 2.14. The third-order valence-electron chi connectivity index (χ3n) is 1.13. The molecule has 0 aromatic heterocycles. The summed E-state index contributed by atoms with van der Waals surface area (Å²) in [5.41, 5.74) is 0. The molecule has 3 heteroatoms. The van der Waals surface area contributed by atoms with Crippen molar-refractivity contribution in [2.75, 3.05) is 0 Å². The minimum Gasteiger partial charge on any atom is -0.302 e. The van der Waals surface area contributed by atoms with Crippen LogP contribution in [0.3, 0.4) is 0 Å². The van der Waals surface area contributed by atoms with E-state index in [0.29, 0.717) is 0 Å². The van der Waals surface area contributed by atoms with E-state index in [2.05, 4.69) is 6.08 Å². The minimum absolute atomic E-state index is 0.218. The predicted molar refractivity (Wildman–Crippen MR) is 38.7 cm³/mol. The Morgan fingerprint density at radius 1 is 2.00 bits per heavy atom. The molecule has 0 fully saturated rings. The van der Waals surface area contributed by atoms with Crippen molar-refractivity contribution in [2.45, 2.75) is 11.7 Å². The molecule has 0 saturated carbocycles. The van der Waals surface area contributed by atoms with Gasteiger partial charge >= 0.3 is 0 Å². The first-order valence-corrected chi connectivity index (χ1v) is 3.49. The molecular formula is C5H7BOS. The van der Waals surface area contributed by atoms with Crippen molar-refractivity contribution >= 4 is 25.9 Å². The quantitative estimate of drug-likeness (QED) is 0.368. The van der Waals surface area contributed by atoms with Crippen LogP contribution in [0.5, 0.6) is 0 Å². The van der Waals surface area contributed by atoms with Gasteiger partial charge in [-0.2, -0.15) is 0 Å². The molecule has 0 aromatic carbocycles. The molecule has 0 bridgehead atoms. The lowest BCUT2D eigenvalue weighted by atomic mass is 10.1. The molecule has 42 valence electrons. The van der Waals surface area contributed by atoms with Crippen molar-refractivity contribution in [2.24, 2.45) is 0 Å². The van der Waals surface area contributed by atoms with E-state index in [1.807, 2.05) is 7.85 Å². The van der Waals surface area contributed by atoms with E-state index in [0.717, 1.165) is 12.7 Å². The molecule has 0 aromatic rings. The Kier molecular flexibility index (Phi) is 1.79. The number of carbonyl (C=O) groups is 1.